The summed E-state index contributed by atoms with van der Waals surface area (Å²) in [5.41, 5.74) is 6.36. The van der Waals surface area contributed by atoms with Crippen LogP contribution < -0.4 is 5.73 Å². The summed E-state index contributed by atoms with van der Waals surface area (Å²) < 4.78 is 13.8. The summed E-state index contributed by atoms with van der Waals surface area (Å²) in [6.07, 6.45) is 1.63. The molecule has 1 aliphatic heterocycles. The number of rotatable bonds is 3. The van der Waals surface area contributed by atoms with Gasteiger partial charge in [-0.25, -0.2) is 4.39 Å². The molecule has 0 bridgehead atoms. The Hall–Kier alpha value is -0.940. The van der Waals surface area contributed by atoms with Crippen LogP contribution in [-0.4, -0.2) is 23.9 Å². The normalized spacial score (nSPS) is 17.9. The molecular weight excluding hydrogens is 299 g/mol. The third-order valence-electron chi connectivity index (χ3n) is 3.40. The quantitative estimate of drug-likeness (QED) is 0.930. The molecule has 1 saturated heterocycles. The minimum Gasteiger partial charge on any atom is -0.369 e. The molecule has 0 unspecified atom stereocenters. The predicted molar refractivity (Wildman–Crippen MR) is 71.3 cm³/mol. The highest BCUT2D eigenvalue weighted by Crippen LogP contribution is 2.23. The molecule has 2 rings (SSSR count). The lowest BCUT2D eigenvalue weighted by Crippen LogP contribution is -2.38. The van der Waals surface area contributed by atoms with Gasteiger partial charge in [-0.05, 0) is 43.6 Å². The van der Waals surface area contributed by atoms with Crippen LogP contribution in [0.4, 0.5) is 4.39 Å². The fourth-order valence-corrected chi connectivity index (χ4v) is 2.74. The van der Waals surface area contributed by atoms with E-state index in [9.17, 15) is 9.18 Å². The molecular formula is C13H16BrFN2O. The van der Waals surface area contributed by atoms with Gasteiger partial charge in [0.1, 0.15) is 5.82 Å². The first kappa shape index (κ1) is 13.5. The number of nitrogens with zero attached hydrogens (tertiary/aromatic N) is 1. The van der Waals surface area contributed by atoms with Crippen LogP contribution in [-0.2, 0) is 11.3 Å². The molecule has 98 valence electrons. The first-order valence-corrected chi connectivity index (χ1v) is 6.81. The van der Waals surface area contributed by atoms with Gasteiger partial charge in [0.15, 0.2) is 0 Å². The second-order valence-corrected chi connectivity index (χ2v) is 5.54. The Labute approximate surface area is 114 Å². The predicted octanol–water partition coefficient (Wildman–Crippen LogP) is 2.29. The maximum Gasteiger partial charge on any atom is 0.220 e. The molecule has 1 heterocycles. The van der Waals surface area contributed by atoms with Crippen molar-refractivity contribution in [2.75, 3.05) is 13.1 Å². The van der Waals surface area contributed by atoms with E-state index in [2.05, 4.69) is 20.8 Å². The third kappa shape index (κ3) is 3.29. The van der Waals surface area contributed by atoms with E-state index >= 15 is 0 Å². The zero-order valence-electron chi connectivity index (χ0n) is 10.0. The van der Waals surface area contributed by atoms with E-state index in [4.69, 9.17) is 5.73 Å². The molecule has 1 amide bonds. The molecule has 3 nitrogen and oxygen atoms in total. The summed E-state index contributed by atoms with van der Waals surface area (Å²) in [6.45, 7) is 2.49. The van der Waals surface area contributed by atoms with E-state index in [1.54, 1.807) is 6.07 Å². The Morgan fingerprint density at radius 2 is 2.11 bits per heavy atom. The number of hydrogen-bond donors (Lipinski definition) is 1. The van der Waals surface area contributed by atoms with E-state index in [1.165, 1.54) is 12.1 Å². The zero-order chi connectivity index (χ0) is 13.1. The molecule has 0 saturated carbocycles. The van der Waals surface area contributed by atoms with Gasteiger partial charge in [0.2, 0.25) is 5.91 Å². The number of carbonyl (C=O) groups is 1. The van der Waals surface area contributed by atoms with Crippen LogP contribution in [0.3, 0.4) is 0 Å². The fourth-order valence-electron chi connectivity index (χ4n) is 2.27. The van der Waals surface area contributed by atoms with Crippen molar-refractivity contribution in [3.63, 3.8) is 0 Å². The van der Waals surface area contributed by atoms with Crippen LogP contribution in [0.25, 0.3) is 0 Å². The highest BCUT2D eigenvalue weighted by atomic mass is 79.9. The summed E-state index contributed by atoms with van der Waals surface area (Å²) >= 11 is 3.37. The number of primary amides is 1. The topological polar surface area (TPSA) is 46.3 Å². The fraction of sp³-hybridized carbons (Fsp3) is 0.462. The molecule has 0 aliphatic carbocycles. The lowest BCUT2D eigenvalue weighted by atomic mass is 9.96. The van der Waals surface area contributed by atoms with Gasteiger partial charge in [-0.2, -0.15) is 0 Å². The summed E-state index contributed by atoms with van der Waals surface area (Å²) in [6, 6.07) is 4.74. The molecule has 0 radical (unpaired) electrons. The number of piperidine rings is 1. The van der Waals surface area contributed by atoms with Crippen molar-refractivity contribution in [3.05, 3.63) is 34.1 Å². The SMILES string of the molecule is NC(=O)C1CCN(Cc2ccc(F)cc2Br)CC1. The average molecular weight is 315 g/mol. The van der Waals surface area contributed by atoms with Crippen LogP contribution in [0, 0.1) is 11.7 Å². The summed E-state index contributed by atoms with van der Waals surface area (Å²) in [5.74, 6) is -0.423. The van der Waals surface area contributed by atoms with Crippen LogP contribution in [0.15, 0.2) is 22.7 Å². The van der Waals surface area contributed by atoms with Crippen LogP contribution >= 0.6 is 15.9 Å². The lowest BCUT2D eigenvalue weighted by Gasteiger charge is -2.30. The van der Waals surface area contributed by atoms with Crippen molar-refractivity contribution in [3.8, 4) is 0 Å². The van der Waals surface area contributed by atoms with E-state index in [1.807, 2.05) is 0 Å². The van der Waals surface area contributed by atoms with Crippen molar-refractivity contribution < 1.29 is 9.18 Å². The molecule has 0 atom stereocenters. The number of halogens is 2. The van der Waals surface area contributed by atoms with Gasteiger partial charge in [-0.1, -0.05) is 22.0 Å². The van der Waals surface area contributed by atoms with Crippen LogP contribution in [0.5, 0.6) is 0 Å². The Bertz CT molecular complexity index is 445. The highest BCUT2D eigenvalue weighted by Gasteiger charge is 2.23. The van der Waals surface area contributed by atoms with Crippen molar-refractivity contribution in [1.82, 2.24) is 4.90 Å². The van der Waals surface area contributed by atoms with Gasteiger partial charge < -0.3 is 5.73 Å². The van der Waals surface area contributed by atoms with Gasteiger partial charge in [0, 0.05) is 16.9 Å². The minimum atomic E-state index is -0.238. The summed E-state index contributed by atoms with van der Waals surface area (Å²) in [7, 11) is 0. The van der Waals surface area contributed by atoms with Crippen LogP contribution in [0.1, 0.15) is 18.4 Å². The Morgan fingerprint density at radius 3 is 2.67 bits per heavy atom. The molecule has 0 spiro atoms. The number of benzene rings is 1. The molecule has 1 aromatic carbocycles. The second-order valence-electron chi connectivity index (χ2n) is 4.69. The van der Waals surface area contributed by atoms with Gasteiger partial charge >= 0.3 is 0 Å². The Balaban J connectivity index is 1.93. The second kappa shape index (κ2) is 5.80. The van der Waals surface area contributed by atoms with Crippen molar-refractivity contribution >= 4 is 21.8 Å². The molecule has 2 N–H and O–H groups in total. The largest absolute Gasteiger partial charge is 0.369 e. The average Bonchev–Trinajstić information content (AvgIpc) is 2.33. The van der Waals surface area contributed by atoms with Gasteiger partial charge in [-0.3, -0.25) is 9.69 Å². The monoisotopic (exact) mass is 314 g/mol. The molecule has 1 aliphatic rings. The molecule has 18 heavy (non-hydrogen) atoms. The molecule has 5 heteroatoms. The highest BCUT2D eigenvalue weighted by molar-refractivity contribution is 9.10. The Morgan fingerprint density at radius 1 is 1.44 bits per heavy atom. The van der Waals surface area contributed by atoms with Crippen molar-refractivity contribution in [2.45, 2.75) is 19.4 Å². The molecule has 1 fully saturated rings. The maximum absolute atomic E-state index is 13.0. The van der Waals surface area contributed by atoms with E-state index < -0.39 is 0 Å². The third-order valence-corrected chi connectivity index (χ3v) is 4.14. The van der Waals surface area contributed by atoms with Crippen molar-refractivity contribution in [2.24, 2.45) is 11.7 Å². The van der Waals surface area contributed by atoms with Gasteiger partial charge in [-0.15, -0.1) is 0 Å². The van der Waals surface area contributed by atoms with E-state index in [-0.39, 0.29) is 17.6 Å². The van der Waals surface area contributed by atoms with E-state index in [0.717, 1.165) is 42.5 Å². The first-order chi connectivity index (χ1) is 8.56. The smallest absolute Gasteiger partial charge is 0.220 e. The van der Waals surface area contributed by atoms with Gasteiger partial charge in [0.25, 0.3) is 0 Å². The number of likely N-dealkylation sites (tertiary alicyclic amines) is 1. The molecule has 0 aromatic heterocycles. The zero-order valence-corrected chi connectivity index (χ0v) is 11.6. The first-order valence-electron chi connectivity index (χ1n) is 6.02. The Kier molecular flexibility index (Phi) is 4.35. The van der Waals surface area contributed by atoms with Crippen LogP contribution in [0.2, 0.25) is 0 Å². The standard InChI is InChI=1S/C13H16BrFN2O/c14-12-7-11(15)2-1-10(12)8-17-5-3-9(4-6-17)13(16)18/h1-2,7,9H,3-6,8H2,(H2,16,18). The summed E-state index contributed by atoms with van der Waals surface area (Å²) in [4.78, 5) is 13.3. The van der Waals surface area contributed by atoms with E-state index in [0.29, 0.717) is 0 Å². The van der Waals surface area contributed by atoms with Crippen molar-refractivity contribution in [1.29, 1.82) is 0 Å². The number of carbonyl (C=O) groups excluding carboxylic acids is 1. The molecule has 1 aromatic rings. The lowest BCUT2D eigenvalue weighted by molar-refractivity contribution is -0.123. The maximum atomic E-state index is 13.0. The van der Waals surface area contributed by atoms with Gasteiger partial charge in [0.05, 0.1) is 0 Å². The number of amides is 1. The minimum absolute atomic E-state index is 0.0120. The number of nitrogens with two attached hydrogens (primary N) is 1. The summed E-state index contributed by atoms with van der Waals surface area (Å²) in [5, 5.41) is 0. The number of hydrogen-bond acceptors (Lipinski definition) is 2.